The van der Waals surface area contributed by atoms with Gasteiger partial charge in [0.1, 0.15) is 12.4 Å². The van der Waals surface area contributed by atoms with Crippen LogP contribution in [0.4, 0.5) is 0 Å². The zero-order chi connectivity index (χ0) is 14.9. The van der Waals surface area contributed by atoms with E-state index in [1.807, 2.05) is 30.3 Å². The molecule has 1 unspecified atom stereocenters. The van der Waals surface area contributed by atoms with Gasteiger partial charge in [-0.05, 0) is 29.7 Å². The van der Waals surface area contributed by atoms with Crippen molar-refractivity contribution < 1.29 is 9.84 Å². The van der Waals surface area contributed by atoms with Gasteiger partial charge in [0.05, 0.1) is 6.61 Å². The predicted molar refractivity (Wildman–Crippen MR) is 92.5 cm³/mol. The number of ether oxygens (including phenoxy) is 1. The molecular formula is C18H24ClNO2. The molecule has 0 aliphatic carbocycles. The van der Waals surface area contributed by atoms with Crippen molar-refractivity contribution in [2.75, 3.05) is 6.61 Å². The molecule has 120 valence electrons. The van der Waals surface area contributed by atoms with Crippen LogP contribution in [0.3, 0.4) is 0 Å². The van der Waals surface area contributed by atoms with Gasteiger partial charge >= 0.3 is 0 Å². The highest BCUT2D eigenvalue weighted by atomic mass is 35.5. The second-order valence-electron chi connectivity index (χ2n) is 5.09. The molecule has 0 saturated heterocycles. The third-order valence-electron chi connectivity index (χ3n) is 3.48. The maximum absolute atomic E-state index is 9.14. The van der Waals surface area contributed by atoms with E-state index in [0.717, 1.165) is 24.3 Å². The summed E-state index contributed by atoms with van der Waals surface area (Å²) in [5.41, 5.74) is 2.35. The Balaban J connectivity index is 0.00000242. The van der Waals surface area contributed by atoms with Crippen molar-refractivity contribution in [2.24, 2.45) is 0 Å². The molecule has 22 heavy (non-hydrogen) atoms. The van der Waals surface area contributed by atoms with E-state index >= 15 is 0 Å². The van der Waals surface area contributed by atoms with Crippen LogP contribution in [0, 0.1) is 0 Å². The molecule has 0 fully saturated rings. The normalized spacial score (nSPS) is 11.5. The Bertz CT molecular complexity index is 512. The first-order valence-corrected chi connectivity index (χ1v) is 7.41. The zero-order valence-electron chi connectivity index (χ0n) is 12.9. The van der Waals surface area contributed by atoms with Gasteiger partial charge in [0.25, 0.3) is 0 Å². The van der Waals surface area contributed by atoms with Crippen molar-refractivity contribution in [1.82, 2.24) is 5.32 Å². The monoisotopic (exact) mass is 321 g/mol. The minimum Gasteiger partial charge on any atom is -0.489 e. The number of rotatable bonds is 8. The molecule has 2 aromatic rings. The van der Waals surface area contributed by atoms with Crippen LogP contribution < -0.4 is 10.1 Å². The van der Waals surface area contributed by atoms with E-state index < -0.39 is 0 Å². The molecule has 0 aliphatic rings. The van der Waals surface area contributed by atoms with E-state index in [1.165, 1.54) is 5.56 Å². The molecule has 4 heteroatoms. The molecule has 2 aromatic carbocycles. The molecule has 0 amide bonds. The van der Waals surface area contributed by atoms with Crippen molar-refractivity contribution in [3.63, 3.8) is 0 Å². The standard InChI is InChI=1S/C18H23NO2.ClH/c1-2-17(13-20)19-12-15-8-10-18(11-9-15)21-14-16-6-4-3-5-7-16;/h3-11,17,19-20H,2,12-14H2,1H3;1H. The molecule has 2 rings (SSSR count). The smallest absolute Gasteiger partial charge is 0.119 e. The molecule has 0 aliphatic heterocycles. The molecule has 0 spiro atoms. The number of nitrogens with one attached hydrogen (secondary N) is 1. The highest BCUT2D eigenvalue weighted by Gasteiger charge is 2.03. The van der Waals surface area contributed by atoms with Crippen LogP contribution in [0.15, 0.2) is 54.6 Å². The summed E-state index contributed by atoms with van der Waals surface area (Å²) in [6.07, 6.45) is 0.925. The summed E-state index contributed by atoms with van der Waals surface area (Å²) in [6.45, 7) is 3.59. The summed E-state index contributed by atoms with van der Waals surface area (Å²) in [5.74, 6) is 0.872. The number of halogens is 1. The van der Waals surface area contributed by atoms with Gasteiger partial charge in [0.15, 0.2) is 0 Å². The van der Waals surface area contributed by atoms with Gasteiger partial charge in [-0.15, -0.1) is 12.4 Å². The van der Waals surface area contributed by atoms with Crippen LogP contribution in [0.5, 0.6) is 5.75 Å². The van der Waals surface area contributed by atoms with Crippen molar-refractivity contribution >= 4 is 12.4 Å². The summed E-state index contributed by atoms with van der Waals surface area (Å²) < 4.78 is 5.75. The molecule has 0 heterocycles. The van der Waals surface area contributed by atoms with E-state index in [1.54, 1.807) is 0 Å². The molecule has 0 radical (unpaired) electrons. The first-order valence-electron chi connectivity index (χ1n) is 7.41. The maximum atomic E-state index is 9.14. The first-order chi connectivity index (χ1) is 10.3. The van der Waals surface area contributed by atoms with Crippen molar-refractivity contribution in [2.45, 2.75) is 32.5 Å². The van der Waals surface area contributed by atoms with Gasteiger partial charge < -0.3 is 15.2 Å². The van der Waals surface area contributed by atoms with Crippen LogP contribution in [-0.2, 0) is 13.2 Å². The Morgan fingerprint density at radius 1 is 1.00 bits per heavy atom. The molecule has 0 bridgehead atoms. The van der Waals surface area contributed by atoms with Crippen LogP contribution in [0.2, 0.25) is 0 Å². The Labute approximate surface area is 138 Å². The van der Waals surface area contributed by atoms with Crippen LogP contribution in [-0.4, -0.2) is 17.8 Å². The average molecular weight is 322 g/mol. The van der Waals surface area contributed by atoms with Crippen molar-refractivity contribution in [1.29, 1.82) is 0 Å². The van der Waals surface area contributed by atoms with Crippen LogP contribution in [0.1, 0.15) is 24.5 Å². The lowest BCUT2D eigenvalue weighted by atomic mass is 10.2. The fourth-order valence-corrected chi connectivity index (χ4v) is 2.04. The zero-order valence-corrected chi connectivity index (χ0v) is 13.7. The SMILES string of the molecule is CCC(CO)NCc1ccc(OCc2ccccc2)cc1.Cl. The largest absolute Gasteiger partial charge is 0.489 e. The summed E-state index contributed by atoms with van der Waals surface area (Å²) in [7, 11) is 0. The second kappa shape index (κ2) is 10.2. The third kappa shape index (κ3) is 6.06. The fraction of sp³-hybridized carbons (Fsp3) is 0.333. The lowest BCUT2D eigenvalue weighted by Gasteiger charge is -2.14. The van der Waals surface area contributed by atoms with E-state index in [-0.39, 0.29) is 25.1 Å². The quantitative estimate of drug-likeness (QED) is 0.781. The Kier molecular flexibility index (Phi) is 8.60. The number of hydrogen-bond acceptors (Lipinski definition) is 3. The molecule has 1 atom stereocenters. The number of aliphatic hydroxyl groups is 1. The summed E-state index contributed by atoms with van der Waals surface area (Å²) in [5, 5.41) is 12.5. The molecule has 0 aromatic heterocycles. The van der Waals surface area contributed by atoms with Gasteiger partial charge in [0.2, 0.25) is 0 Å². The summed E-state index contributed by atoms with van der Waals surface area (Å²) in [4.78, 5) is 0. The lowest BCUT2D eigenvalue weighted by molar-refractivity contribution is 0.238. The predicted octanol–water partition coefficient (Wildman–Crippen LogP) is 3.55. The third-order valence-corrected chi connectivity index (χ3v) is 3.48. The molecule has 0 saturated carbocycles. The van der Waals surface area contributed by atoms with Gasteiger partial charge in [-0.1, -0.05) is 49.4 Å². The topological polar surface area (TPSA) is 41.5 Å². The van der Waals surface area contributed by atoms with E-state index in [9.17, 15) is 0 Å². The Hall–Kier alpha value is -1.55. The lowest BCUT2D eigenvalue weighted by Crippen LogP contribution is -2.31. The molecular weight excluding hydrogens is 298 g/mol. The highest BCUT2D eigenvalue weighted by molar-refractivity contribution is 5.85. The first kappa shape index (κ1) is 18.5. The summed E-state index contributed by atoms with van der Waals surface area (Å²) >= 11 is 0. The Morgan fingerprint density at radius 3 is 2.27 bits per heavy atom. The number of aliphatic hydroxyl groups excluding tert-OH is 1. The highest BCUT2D eigenvalue weighted by Crippen LogP contribution is 2.14. The average Bonchev–Trinajstić information content (AvgIpc) is 2.56. The van der Waals surface area contributed by atoms with Crippen molar-refractivity contribution in [3.05, 3.63) is 65.7 Å². The van der Waals surface area contributed by atoms with E-state index in [0.29, 0.717) is 6.61 Å². The van der Waals surface area contributed by atoms with E-state index in [2.05, 4.69) is 36.5 Å². The minimum atomic E-state index is 0. The van der Waals surface area contributed by atoms with Crippen LogP contribution in [0.25, 0.3) is 0 Å². The van der Waals surface area contributed by atoms with Crippen LogP contribution >= 0.6 is 12.4 Å². The fourth-order valence-electron chi connectivity index (χ4n) is 2.04. The van der Waals surface area contributed by atoms with Gasteiger partial charge in [-0.25, -0.2) is 0 Å². The van der Waals surface area contributed by atoms with Gasteiger partial charge in [-0.2, -0.15) is 0 Å². The van der Waals surface area contributed by atoms with Crippen molar-refractivity contribution in [3.8, 4) is 5.75 Å². The Morgan fingerprint density at radius 2 is 1.68 bits per heavy atom. The van der Waals surface area contributed by atoms with Gasteiger partial charge in [-0.3, -0.25) is 0 Å². The molecule has 2 N–H and O–H groups in total. The molecule has 3 nitrogen and oxygen atoms in total. The number of benzene rings is 2. The minimum absolute atomic E-state index is 0. The summed E-state index contributed by atoms with van der Waals surface area (Å²) in [6, 6.07) is 18.4. The van der Waals surface area contributed by atoms with E-state index in [4.69, 9.17) is 9.84 Å². The van der Waals surface area contributed by atoms with Gasteiger partial charge in [0, 0.05) is 12.6 Å². The number of hydrogen-bond donors (Lipinski definition) is 2. The maximum Gasteiger partial charge on any atom is 0.119 e. The second-order valence-corrected chi connectivity index (χ2v) is 5.09.